The molecular weight excluding hydrogens is 649 g/mol. The molecule has 258 valence electrons. The van der Waals surface area contributed by atoms with E-state index < -0.39 is 16.1 Å². The van der Waals surface area contributed by atoms with Gasteiger partial charge in [-0.3, -0.25) is 0 Å². The molecule has 3 aliphatic rings. The summed E-state index contributed by atoms with van der Waals surface area (Å²) in [5.41, 5.74) is 0. The van der Waals surface area contributed by atoms with E-state index in [0.29, 0.717) is 25.0 Å². The van der Waals surface area contributed by atoms with Crippen molar-refractivity contribution in [3.63, 3.8) is 0 Å². The minimum Gasteiger partial charge on any atom is -0.356 e. The highest BCUT2D eigenvalue weighted by atomic mass is 32.1. The first-order valence-electron chi connectivity index (χ1n) is 17.5. The second-order valence-corrected chi connectivity index (χ2v) is 29.4. The smallest absolute Gasteiger partial charge is 0.320 e. The van der Waals surface area contributed by atoms with Gasteiger partial charge in [-0.15, -0.1) is 22.7 Å². The van der Waals surface area contributed by atoms with Crippen molar-refractivity contribution in [2.45, 2.75) is 114 Å². The molecule has 5 rings (SSSR count). The average Bonchev–Trinajstić information content (AvgIpc) is 3.88. The highest BCUT2D eigenvalue weighted by molar-refractivity contribution is 7.10. The van der Waals surface area contributed by atoms with Crippen LogP contribution in [0.2, 0.25) is 51.4 Å². The molecule has 3 heterocycles. The second kappa shape index (κ2) is 16.6. The summed E-state index contributed by atoms with van der Waals surface area (Å²) in [6.45, 7) is 17.6. The monoisotopic (exact) mass is 706 g/mol. The molecule has 2 aliphatic carbocycles. The summed E-state index contributed by atoms with van der Waals surface area (Å²) in [4.78, 5) is 21.8. The number of carbonyl (C=O) groups is 1. The average molecular weight is 707 g/mol. The van der Waals surface area contributed by atoms with E-state index in [-0.39, 0.29) is 43.9 Å². The van der Waals surface area contributed by atoms with Crippen molar-refractivity contribution >= 4 is 44.9 Å². The van der Waals surface area contributed by atoms with Gasteiger partial charge in [0.05, 0.1) is 12.1 Å². The normalized spacial score (nSPS) is 24.5. The quantitative estimate of drug-likeness (QED) is 0.0788. The molecule has 0 bridgehead atoms. The van der Waals surface area contributed by atoms with Crippen molar-refractivity contribution < 1.29 is 23.7 Å². The van der Waals surface area contributed by atoms with Crippen LogP contribution in [0.5, 0.6) is 0 Å². The number of urea groups is 1. The lowest BCUT2D eigenvalue weighted by atomic mass is 9.93. The molecule has 1 aliphatic heterocycles. The third-order valence-corrected chi connectivity index (χ3v) is 14.5. The Morgan fingerprint density at radius 1 is 0.696 bits per heavy atom. The van der Waals surface area contributed by atoms with Crippen molar-refractivity contribution in [2.75, 3.05) is 39.9 Å². The van der Waals surface area contributed by atoms with E-state index in [0.717, 1.165) is 38.0 Å². The van der Waals surface area contributed by atoms with Crippen LogP contribution in [0, 0.1) is 11.8 Å². The third-order valence-electron chi connectivity index (χ3n) is 9.34. The van der Waals surface area contributed by atoms with Gasteiger partial charge >= 0.3 is 6.03 Å². The molecule has 0 unspecified atom stereocenters. The van der Waals surface area contributed by atoms with Gasteiger partial charge in [-0.25, -0.2) is 4.79 Å². The molecule has 2 aromatic rings. The predicted molar refractivity (Wildman–Crippen MR) is 196 cm³/mol. The van der Waals surface area contributed by atoms with Gasteiger partial charge in [0.25, 0.3) is 0 Å². The van der Waals surface area contributed by atoms with Gasteiger partial charge in [0.15, 0.2) is 0 Å². The molecule has 2 aromatic heterocycles. The van der Waals surface area contributed by atoms with Crippen molar-refractivity contribution in [2.24, 2.45) is 11.8 Å². The first-order valence-corrected chi connectivity index (χ1v) is 26.6. The highest BCUT2D eigenvalue weighted by Crippen LogP contribution is 2.39. The zero-order valence-corrected chi connectivity index (χ0v) is 32.7. The lowest BCUT2D eigenvalue weighted by Gasteiger charge is -2.38. The Morgan fingerprint density at radius 3 is 1.43 bits per heavy atom. The summed E-state index contributed by atoms with van der Waals surface area (Å²) in [6, 6.07) is 10.6. The van der Waals surface area contributed by atoms with Crippen LogP contribution in [0.3, 0.4) is 0 Å². The maximum Gasteiger partial charge on any atom is 0.320 e. The van der Waals surface area contributed by atoms with Crippen LogP contribution in [0.15, 0.2) is 35.0 Å². The zero-order chi connectivity index (χ0) is 32.7. The Labute approximate surface area is 288 Å². The van der Waals surface area contributed by atoms with Gasteiger partial charge in [0, 0.05) is 65.0 Å². The van der Waals surface area contributed by atoms with E-state index >= 15 is 0 Å². The highest BCUT2D eigenvalue weighted by Gasteiger charge is 2.51. The molecule has 3 fully saturated rings. The molecule has 0 N–H and O–H groups in total. The van der Waals surface area contributed by atoms with E-state index in [2.05, 4.69) is 84.1 Å². The number of thiophene rings is 2. The number of amides is 2. The van der Waals surface area contributed by atoms with Gasteiger partial charge in [-0.2, -0.15) is 0 Å². The molecular formula is C35H58N2O5S2Si2. The lowest BCUT2D eigenvalue weighted by molar-refractivity contribution is -0.187. The van der Waals surface area contributed by atoms with Crippen molar-refractivity contribution in [1.82, 2.24) is 9.80 Å². The van der Waals surface area contributed by atoms with Crippen LogP contribution in [0.25, 0.3) is 0 Å². The summed E-state index contributed by atoms with van der Waals surface area (Å²) >= 11 is 3.52. The molecule has 2 saturated carbocycles. The molecule has 2 amide bonds. The van der Waals surface area contributed by atoms with E-state index in [4.69, 9.17) is 18.9 Å². The first kappa shape index (κ1) is 36.2. The van der Waals surface area contributed by atoms with Crippen molar-refractivity contribution in [3.05, 3.63) is 44.8 Å². The van der Waals surface area contributed by atoms with Crippen LogP contribution in [0.1, 0.15) is 35.4 Å². The number of carbonyl (C=O) groups excluding carboxylic acids is 1. The van der Waals surface area contributed by atoms with Crippen molar-refractivity contribution in [1.29, 1.82) is 0 Å². The Hall–Kier alpha value is -1.06. The first-order chi connectivity index (χ1) is 22.0. The lowest BCUT2D eigenvalue weighted by Crippen LogP contribution is -2.53. The van der Waals surface area contributed by atoms with E-state index in [1.807, 2.05) is 0 Å². The van der Waals surface area contributed by atoms with Gasteiger partial charge in [0.2, 0.25) is 0 Å². The topological polar surface area (TPSA) is 60.5 Å². The fraction of sp³-hybridized carbons (Fsp3) is 0.743. The van der Waals surface area contributed by atoms with Crippen LogP contribution in [0.4, 0.5) is 4.79 Å². The Balaban J connectivity index is 1.48. The molecule has 46 heavy (non-hydrogen) atoms. The number of hydrogen-bond acceptors (Lipinski definition) is 7. The Morgan fingerprint density at radius 2 is 1.11 bits per heavy atom. The zero-order valence-electron chi connectivity index (χ0n) is 29.1. The summed E-state index contributed by atoms with van der Waals surface area (Å²) < 4.78 is 26.1. The number of rotatable bonds is 20. The van der Waals surface area contributed by atoms with Gasteiger partial charge in [0.1, 0.15) is 25.8 Å². The molecule has 7 nitrogen and oxygen atoms in total. The summed E-state index contributed by atoms with van der Waals surface area (Å²) in [5, 5.41) is 4.27. The van der Waals surface area contributed by atoms with Gasteiger partial charge < -0.3 is 28.7 Å². The van der Waals surface area contributed by atoms with E-state index in [9.17, 15) is 4.79 Å². The third kappa shape index (κ3) is 11.5. The molecule has 4 atom stereocenters. The summed E-state index contributed by atoms with van der Waals surface area (Å²) in [7, 11) is -2.48. The SMILES string of the molecule is C[Si](C)(C)CCOCO[C@@H]1[C@@H](OCOCC[Si](C)(C)C)[C@@H](Cc2cccs2)N(CC2CC2)C(=O)N(CC2CC2)[C@@H]1Cc1cccs1. The van der Waals surface area contributed by atoms with Gasteiger partial charge in [-0.1, -0.05) is 51.4 Å². The predicted octanol–water partition coefficient (Wildman–Crippen LogP) is 8.28. The van der Waals surface area contributed by atoms with Crippen LogP contribution in [-0.4, -0.2) is 96.2 Å². The van der Waals surface area contributed by atoms with E-state index in [1.54, 1.807) is 22.7 Å². The second-order valence-electron chi connectivity index (χ2n) is 16.1. The summed E-state index contributed by atoms with van der Waals surface area (Å²) in [5.74, 6) is 1.12. The largest absolute Gasteiger partial charge is 0.356 e. The van der Waals surface area contributed by atoms with Crippen LogP contribution < -0.4 is 0 Å². The van der Waals surface area contributed by atoms with Gasteiger partial charge in [-0.05, 0) is 72.5 Å². The molecule has 0 aromatic carbocycles. The molecule has 1 saturated heterocycles. The standard InChI is InChI=1S/C35H58N2O5S2Si2/c1-45(2,3)19-15-39-25-41-33-31(21-29-9-7-17-43-29)36(23-27-11-12-27)35(38)37(24-28-13-14-28)32(22-30-10-8-18-44-30)34(33)42-26-40-16-20-46(4,5)6/h7-10,17-18,27-28,31-34H,11-16,19-26H2,1-6H3/t31-,32-,33+,34+/m1/s1. The van der Waals surface area contributed by atoms with Crippen LogP contribution in [-0.2, 0) is 31.8 Å². The minimum absolute atomic E-state index is 0.154. The fourth-order valence-electron chi connectivity index (χ4n) is 6.09. The molecule has 0 radical (unpaired) electrons. The number of hydrogen-bond donors (Lipinski definition) is 0. The number of ether oxygens (including phenoxy) is 4. The number of nitrogens with zero attached hydrogens (tertiary/aromatic N) is 2. The Kier molecular flexibility index (Phi) is 13.0. The maximum absolute atomic E-state index is 14.9. The summed E-state index contributed by atoms with van der Waals surface area (Å²) in [6.07, 6.45) is 5.53. The maximum atomic E-state index is 14.9. The fourth-order valence-corrected chi connectivity index (χ4v) is 9.11. The minimum atomic E-state index is -1.24. The molecule has 11 heteroatoms. The Bertz CT molecular complexity index is 1090. The van der Waals surface area contributed by atoms with Crippen molar-refractivity contribution in [3.8, 4) is 0 Å². The molecule has 0 spiro atoms. The van der Waals surface area contributed by atoms with Crippen LogP contribution >= 0.6 is 22.7 Å². The van der Waals surface area contributed by atoms with E-state index in [1.165, 1.54) is 35.4 Å².